The third-order valence-corrected chi connectivity index (χ3v) is 5.91. The van der Waals surface area contributed by atoms with Crippen LogP contribution >= 0.6 is 11.3 Å². The molecular formula is C21H29N5O2S. The SMILES string of the molecule is CCNC(=O)N1CCN(Cc2csc(N(C(C)=O)c3ccccc3CC)n2)CC1. The molecule has 0 aliphatic carbocycles. The molecule has 0 spiro atoms. The first kappa shape index (κ1) is 21.3. The second-order valence-electron chi connectivity index (χ2n) is 7.06. The summed E-state index contributed by atoms with van der Waals surface area (Å²) >= 11 is 1.49. The summed E-state index contributed by atoms with van der Waals surface area (Å²) in [5.74, 6) is -0.0395. The number of piperazine rings is 1. The molecular weight excluding hydrogens is 386 g/mol. The Hall–Kier alpha value is -2.45. The third kappa shape index (κ3) is 5.13. The standard InChI is InChI=1S/C21H29N5O2S/c1-4-17-8-6-7-9-19(17)26(16(3)27)21-23-18(15-29-21)14-24-10-12-25(13-11-24)20(28)22-5-2/h6-9,15H,4-5,10-14H2,1-3H3,(H,22,28). The molecule has 29 heavy (non-hydrogen) atoms. The Bertz CT molecular complexity index is 845. The van der Waals surface area contributed by atoms with Crippen molar-refractivity contribution in [1.82, 2.24) is 20.1 Å². The molecule has 1 N–H and O–H groups in total. The number of aromatic nitrogens is 1. The highest BCUT2D eigenvalue weighted by Crippen LogP contribution is 2.32. The van der Waals surface area contributed by atoms with E-state index in [9.17, 15) is 9.59 Å². The van der Waals surface area contributed by atoms with Crippen molar-refractivity contribution in [1.29, 1.82) is 0 Å². The van der Waals surface area contributed by atoms with Crippen molar-refractivity contribution in [3.63, 3.8) is 0 Å². The number of urea groups is 1. The number of amides is 3. The van der Waals surface area contributed by atoms with Crippen molar-refractivity contribution in [3.05, 3.63) is 40.9 Å². The van der Waals surface area contributed by atoms with Crippen LogP contribution in [-0.2, 0) is 17.8 Å². The topological polar surface area (TPSA) is 68.8 Å². The van der Waals surface area contributed by atoms with Gasteiger partial charge in [-0.25, -0.2) is 9.78 Å². The molecule has 3 amide bonds. The summed E-state index contributed by atoms with van der Waals surface area (Å²) in [6.07, 6.45) is 0.855. The van der Waals surface area contributed by atoms with E-state index < -0.39 is 0 Å². The normalized spacial score (nSPS) is 14.7. The van der Waals surface area contributed by atoms with Crippen LogP contribution in [0, 0.1) is 0 Å². The van der Waals surface area contributed by atoms with Crippen molar-refractivity contribution in [3.8, 4) is 0 Å². The molecule has 1 aromatic carbocycles. The highest BCUT2D eigenvalue weighted by molar-refractivity contribution is 7.14. The monoisotopic (exact) mass is 415 g/mol. The Morgan fingerprint density at radius 1 is 1.17 bits per heavy atom. The van der Waals surface area contributed by atoms with E-state index in [1.165, 1.54) is 11.3 Å². The van der Waals surface area contributed by atoms with Gasteiger partial charge in [-0.15, -0.1) is 11.3 Å². The quantitative estimate of drug-likeness (QED) is 0.786. The Balaban J connectivity index is 1.67. The van der Waals surface area contributed by atoms with Crippen LogP contribution in [0.15, 0.2) is 29.6 Å². The van der Waals surface area contributed by atoms with Crippen LogP contribution in [0.1, 0.15) is 32.0 Å². The van der Waals surface area contributed by atoms with Gasteiger partial charge in [0.2, 0.25) is 5.91 Å². The Morgan fingerprint density at radius 3 is 2.55 bits per heavy atom. The number of rotatable bonds is 6. The lowest BCUT2D eigenvalue weighted by molar-refractivity contribution is -0.115. The highest BCUT2D eigenvalue weighted by atomic mass is 32.1. The lowest BCUT2D eigenvalue weighted by atomic mass is 10.1. The zero-order valence-corrected chi connectivity index (χ0v) is 18.2. The number of nitrogens with zero attached hydrogens (tertiary/aromatic N) is 4. The van der Waals surface area contributed by atoms with Gasteiger partial charge in [-0.3, -0.25) is 14.6 Å². The molecule has 2 heterocycles. The van der Waals surface area contributed by atoms with Crippen molar-refractivity contribution in [2.24, 2.45) is 0 Å². The molecule has 0 unspecified atom stereocenters. The van der Waals surface area contributed by atoms with Gasteiger partial charge < -0.3 is 10.2 Å². The van der Waals surface area contributed by atoms with Gasteiger partial charge in [0.25, 0.3) is 0 Å². The fourth-order valence-electron chi connectivity index (χ4n) is 3.51. The third-order valence-electron chi connectivity index (χ3n) is 5.03. The number of hydrogen-bond donors (Lipinski definition) is 1. The van der Waals surface area contributed by atoms with Gasteiger partial charge in [0.15, 0.2) is 5.13 Å². The van der Waals surface area contributed by atoms with E-state index in [-0.39, 0.29) is 11.9 Å². The summed E-state index contributed by atoms with van der Waals surface area (Å²) < 4.78 is 0. The van der Waals surface area contributed by atoms with Gasteiger partial charge in [0.1, 0.15) is 0 Å². The minimum Gasteiger partial charge on any atom is -0.338 e. The zero-order valence-electron chi connectivity index (χ0n) is 17.4. The zero-order chi connectivity index (χ0) is 20.8. The smallest absolute Gasteiger partial charge is 0.317 e. The molecule has 0 radical (unpaired) electrons. The average molecular weight is 416 g/mol. The second kappa shape index (κ2) is 9.84. The second-order valence-corrected chi connectivity index (χ2v) is 7.89. The first-order chi connectivity index (χ1) is 14.0. The van der Waals surface area contributed by atoms with Gasteiger partial charge >= 0.3 is 6.03 Å². The molecule has 0 saturated carbocycles. The lowest BCUT2D eigenvalue weighted by Crippen LogP contribution is -2.51. The minimum atomic E-state index is -0.0395. The molecule has 3 rings (SSSR count). The summed E-state index contributed by atoms with van der Waals surface area (Å²) in [5, 5.41) is 5.58. The number of carbonyl (C=O) groups excluding carboxylic acids is 2. The first-order valence-electron chi connectivity index (χ1n) is 10.1. The molecule has 8 heteroatoms. The number of anilines is 2. The molecule has 2 aromatic rings. The fourth-order valence-corrected chi connectivity index (χ4v) is 4.38. The molecule has 1 aliphatic rings. The highest BCUT2D eigenvalue weighted by Gasteiger charge is 2.23. The van der Waals surface area contributed by atoms with E-state index in [2.05, 4.69) is 17.1 Å². The summed E-state index contributed by atoms with van der Waals surface area (Å²) in [6, 6.07) is 7.98. The van der Waals surface area contributed by atoms with E-state index in [0.29, 0.717) is 24.8 Å². The number of para-hydroxylation sites is 1. The Labute approximate surface area is 176 Å². The average Bonchev–Trinajstić information content (AvgIpc) is 3.16. The van der Waals surface area contributed by atoms with Gasteiger partial charge in [-0.2, -0.15) is 0 Å². The van der Waals surface area contributed by atoms with Crippen LogP contribution in [-0.4, -0.2) is 59.4 Å². The molecule has 1 saturated heterocycles. The maximum absolute atomic E-state index is 12.4. The first-order valence-corrected chi connectivity index (χ1v) is 11.0. The molecule has 1 aromatic heterocycles. The Kier molecular flexibility index (Phi) is 7.22. The van der Waals surface area contributed by atoms with E-state index >= 15 is 0 Å². The molecule has 1 fully saturated rings. The molecule has 0 atom stereocenters. The van der Waals surface area contributed by atoms with Crippen LogP contribution in [0.3, 0.4) is 0 Å². The summed E-state index contributed by atoms with van der Waals surface area (Å²) in [7, 11) is 0. The molecule has 0 bridgehead atoms. The number of aryl methyl sites for hydroxylation is 1. The fraction of sp³-hybridized carbons (Fsp3) is 0.476. The van der Waals surface area contributed by atoms with Crippen LogP contribution in [0.5, 0.6) is 0 Å². The number of hydrogen-bond acceptors (Lipinski definition) is 5. The van der Waals surface area contributed by atoms with Crippen molar-refractivity contribution < 1.29 is 9.59 Å². The summed E-state index contributed by atoms with van der Waals surface area (Å²) in [4.78, 5) is 35.0. The van der Waals surface area contributed by atoms with Gasteiger partial charge in [0.05, 0.1) is 11.4 Å². The van der Waals surface area contributed by atoms with Crippen LogP contribution < -0.4 is 10.2 Å². The van der Waals surface area contributed by atoms with Crippen molar-refractivity contribution in [2.75, 3.05) is 37.6 Å². The summed E-state index contributed by atoms with van der Waals surface area (Å²) in [6.45, 7) is 10.0. The van der Waals surface area contributed by atoms with E-state index in [4.69, 9.17) is 4.98 Å². The maximum atomic E-state index is 12.4. The van der Waals surface area contributed by atoms with Crippen molar-refractivity contribution >= 4 is 34.1 Å². The largest absolute Gasteiger partial charge is 0.338 e. The van der Waals surface area contributed by atoms with Crippen LogP contribution in [0.4, 0.5) is 15.6 Å². The molecule has 7 nitrogen and oxygen atoms in total. The van der Waals surface area contributed by atoms with Gasteiger partial charge in [-0.1, -0.05) is 25.1 Å². The number of benzene rings is 1. The van der Waals surface area contributed by atoms with E-state index in [1.807, 2.05) is 41.5 Å². The van der Waals surface area contributed by atoms with E-state index in [0.717, 1.165) is 43.0 Å². The number of nitrogens with one attached hydrogen (secondary N) is 1. The maximum Gasteiger partial charge on any atom is 0.317 e. The number of thiazole rings is 1. The van der Waals surface area contributed by atoms with Crippen molar-refractivity contribution in [2.45, 2.75) is 33.7 Å². The van der Waals surface area contributed by atoms with Crippen LogP contribution in [0.25, 0.3) is 0 Å². The minimum absolute atomic E-state index is 0.00906. The lowest BCUT2D eigenvalue weighted by Gasteiger charge is -2.34. The van der Waals surface area contributed by atoms with Gasteiger partial charge in [-0.05, 0) is 25.0 Å². The van der Waals surface area contributed by atoms with Gasteiger partial charge in [0, 0.05) is 51.6 Å². The molecule has 156 valence electrons. The predicted octanol–water partition coefficient (Wildman–Crippen LogP) is 3.24. The Morgan fingerprint density at radius 2 is 1.90 bits per heavy atom. The van der Waals surface area contributed by atoms with E-state index in [1.54, 1.807) is 11.8 Å². The number of carbonyl (C=O) groups is 2. The van der Waals surface area contributed by atoms with Crippen LogP contribution in [0.2, 0.25) is 0 Å². The molecule has 1 aliphatic heterocycles. The summed E-state index contributed by atoms with van der Waals surface area (Å²) in [5.41, 5.74) is 2.98. The predicted molar refractivity (Wildman–Crippen MR) is 117 cm³/mol.